The summed E-state index contributed by atoms with van der Waals surface area (Å²) in [6.07, 6.45) is 0. The van der Waals surface area contributed by atoms with Crippen molar-refractivity contribution in [3.8, 4) is 11.5 Å². The molecule has 0 N–H and O–H groups in total. The number of hydrogen-bond acceptors (Lipinski definition) is 6. The number of nitrogens with zero attached hydrogens (tertiary/aromatic N) is 5. The summed E-state index contributed by atoms with van der Waals surface area (Å²) in [6.45, 7) is 56.7. The predicted molar refractivity (Wildman–Crippen MR) is 534 cm³/mol. The van der Waals surface area contributed by atoms with E-state index in [1.54, 1.807) is 0 Å². The molecule has 0 aliphatic carbocycles. The van der Waals surface area contributed by atoms with E-state index in [1.807, 2.05) is 0 Å². The lowest BCUT2D eigenvalue weighted by atomic mass is 9.27. The first-order chi connectivity index (χ1) is 58.0. The lowest BCUT2D eigenvalue weighted by Gasteiger charge is -2.53. The van der Waals surface area contributed by atoms with E-state index in [1.165, 1.54) is 166 Å². The summed E-state index contributed by atoms with van der Waals surface area (Å²) in [5, 5.41) is 9.39. The first-order valence-corrected chi connectivity index (χ1v) is 45.0. The van der Waals surface area contributed by atoms with Crippen LogP contribution in [0.1, 0.15) is 211 Å². The van der Waals surface area contributed by atoms with Crippen LogP contribution >= 0.6 is 0 Å². The van der Waals surface area contributed by atoms with E-state index in [0.29, 0.717) is 0 Å². The fourth-order valence-electron chi connectivity index (χ4n) is 21.6. The molecule has 0 atom stereocenters. The van der Waals surface area contributed by atoms with Crippen LogP contribution in [0.25, 0.3) is 43.1 Å². The second-order valence-corrected chi connectivity index (χ2v) is 45.2. The number of fused-ring (bicyclic) bond motifs is 16. The standard InChI is InChI=1S/C114H112B3N5O/c1-107(2,3)71-50-72(108(4,5)6)55-79(54-71)118-91-42-33-43-92-99(91)115(85-44-65-34-25-27-36-67(65)48-93(85)118)87-62-88-96(63-95(87)119(92)80-56-73(109(7,8)9)51-74(57-80)110(10,11)12)121(82-60-77(113(19,20)21)53-78(61-82)114(22,23)24)98-64-97-100-104-101(98)117(88)90-47-70-39-30-32-41-84(70)106-103(90)122(104)102-89(46-69-38-29-31-40-83(69)105(102)123-106)116(100)86-45-66-35-26-28-37-68(66)49-94(86)120(97)81-58-75(111(13,14)15)52-76(59-81)112(16,17)18/h25-64H,1-24H3. The molecule has 0 amide bonds. The van der Waals surface area contributed by atoms with Crippen LogP contribution in [0.5, 0.6) is 11.5 Å². The van der Waals surface area contributed by atoms with Crippen molar-refractivity contribution in [2.75, 3.05) is 24.5 Å². The van der Waals surface area contributed by atoms with Crippen LogP contribution in [0, 0.1) is 0 Å². The second-order valence-electron chi connectivity index (χ2n) is 45.2. The molecule has 0 bridgehead atoms. The second kappa shape index (κ2) is 25.5. The maximum Gasteiger partial charge on any atom is 0.252 e. The van der Waals surface area contributed by atoms with Gasteiger partial charge < -0.3 is 29.2 Å². The van der Waals surface area contributed by atoms with Crippen LogP contribution in [0.4, 0.5) is 85.3 Å². The highest BCUT2D eigenvalue weighted by molar-refractivity contribution is 7.06. The van der Waals surface area contributed by atoms with E-state index in [9.17, 15) is 0 Å². The van der Waals surface area contributed by atoms with Crippen molar-refractivity contribution in [3.05, 3.63) is 287 Å². The van der Waals surface area contributed by atoms with E-state index in [4.69, 9.17) is 4.74 Å². The number of rotatable bonds is 4. The van der Waals surface area contributed by atoms with Gasteiger partial charge in [0.05, 0.1) is 11.4 Å². The Labute approximate surface area is 730 Å². The normalized spacial score (nSPS) is 14.9. The van der Waals surface area contributed by atoms with Crippen molar-refractivity contribution in [1.82, 2.24) is 0 Å². The molecule has 0 spiro atoms. The van der Waals surface area contributed by atoms with E-state index >= 15 is 0 Å². The Bertz CT molecular complexity index is 7060. The lowest BCUT2D eigenvalue weighted by molar-refractivity contribution is 0.489. The molecule has 0 unspecified atom stereocenters. The topological polar surface area (TPSA) is 25.4 Å². The Hall–Kier alpha value is -11.7. The Balaban J connectivity index is 0.944. The molecule has 15 aromatic carbocycles. The van der Waals surface area contributed by atoms with Gasteiger partial charge in [-0.15, -0.1) is 0 Å². The molecule has 0 radical (unpaired) electrons. The van der Waals surface area contributed by atoms with Gasteiger partial charge in [-0.3, -0.25) is 0 Å². The van der Waals surface area contributed by atoms with Crippen molar-refractivity contribution in [3.63, 3.8) is 0 Å². The molecule has 0 saturated carbocycles. The van der Waals surface area contributed by atoms with Crippen LogP contribution < -0.4 is 78.4 Å². The zero-order valence-corrected chi connectivity index (χ0v) is 76.5. The first-order valence-electron chi connectivity index (χ1n) is 45.0. The van der Waals surface area contributed by atoms with Crippen LogP contribution in [0.15, 0.2) is 243 Å². The summed E-state index contributed by atoms with van der Waals surface area (Å²) >= 11 is 0. The average molecular weight is 1600 g/mol. The van der Waals surface area contributed by atoms with Crippen LogP contribution in [0.2, 0.25) is 0 Å². The SMILES string of the molecule is CC(C)(C)c1cc(N2c3cc4c(cc3B3c5cc6ccccc6cc5N(c5cc(C(C)(C)C)cc(C(C)(C)C)c5)c5cccc2c53)B2c3cc5ccccc5c5c3N3c6c2c(cc2c6B(c6cc7ccccc7cc6N2c2cc(C(C)(C)C)cc(C(C)(C)C)c2)c2cc6ccccc6c(c23)O5)N4c2cc(C(C)(C)C)cc(C(C)(C)C)c2)cc(C(C)(C)C)c1. The van der Waals surface area contributed by atoms with Gasteiger partial charge in [-0.1, -0.05) is 324 Å². The molecule has 0 fully saturated rings. The Morgan fingerprint density at radius 1 is 0.195 bits per heavy atom. The van der Waals surface area contributed by atoms with Crippen molar-refractivity contribution in [1.29, 1.82) is 0 Å². The van der Waals surface area contributed by atoms with Gasteiger partial charge >= 0.3 is 0 Å². The fourth-order valence-corrected chi connectivity index (χ4v) is 21.6. The predicted octanol–water partition coefficient (Wildman–Crippen LogP) is 25.6. The van der Waals surface area contributed by atoms with Crippen molar-refractivity contribution in [2.45, 2.75) is 209 Å². The number of benzene rings is 15. The molecule has 0 saturated heterocycles. The number of ether oxygens (including phenoxy) is 1. The summed E-state index contributed by atoms with van der Waals surface area (Å²) in [4.78, 5) is 13.7. The summed E-state index contributed by atoms with van der Waals surface area (Å²) in [6, 6.07) is 97.6. The minimum absolute atomic E-state index is 0.137. The van der Waals surface area contributed by atoms with E-state index < -0.39 is 0 Å². The zero-order chi connectivity index (χ0) is 85.9. The summed E-state index contributed by atoms with van der Waals surface area (Å²) < 4.78 is 8.18. The van der Waals surface area contributed by atoms with E-state index in [0.717, 1.165) is 67.2 Å². The summed E-state index contributed by atoms with van der Waals surface area (Å²) in [7, 11) is 0. The Morgan fingerprint density at radius 2 is 0.447 bits per heavy atom. The van der Waals surface area contributed by atoms with Crippen molar-refractivity contribution < 1.29 is 4.74 Å². The highest BCUT2D eigenvalue weighted by atomic mass is 16.5. The molecule has 7 aliphatic rings. The molecule has 22 rings (SSSR count). The highest BCUT2D eigenvalue weighted by Gasteiger charge is 2.57. The Morgan fingerprint density at radius 3 is 0.764 bits per heavy atom. The molecule has 7 aliphatic heterocycles. The molecule has 608 valence electrons. The third kappa shape index (κ3) is 11.6. The monoisotopic (exact) mass is 1600 g/mol. The van der Waals surface area contributed by atoms with Gasteiger partial charge in [-0.2, -0.15) is 0 Å². The van der Waals surface area contributed by atoms with E-state index in [2.05, 4.69) is 433 Å². The van der Waals surface area contributed by atoms with Crippen LogP contribution in [-0.4, -0.2) is 20.1 Å². The smallest absolute Gasteiger partial charge is 0.252 e. The van der Waals surface area contributed by atoms with Gasteiger partial charge in [0.25, 0.3) is 20.1 Å². The van der Waals surface area contributed by atoms with Gasteiger partial charge in [-0.25, -0.2) is 0 Å². The van der Waals surface area contributed by atoms with Crippen LogP contribution in [-0.2, 0) is 43.3 Å². The van der Waals surface area contributed by atoms with Crippen molar-refractivity contribution >= 4 is 198 Å². The number of anilines is 15. The maximum absolute atomic E-state index is 8.18. The average Bonchev–Trinajstić information content (AvgIpc) is 0.652. The van der Waals surface area contributed by atoms with Crippen LogP contribution in [0.3, 0.4) is 0 Å². The zero-order valence-electron chi connectivity index (χ0n) is 76.5. The molecule has 15 aromatic rings. The third-order valence-corrected chi connectivity index (χ3v) is 28.5. The maximum atomic E-state index is 8.18. The third-order valence-electron chi connectivity index (χ3n) is 28.5. The van der Waals surface area contributed by atoms with E-state index in [-0.39, 0.29) is 63.5 Å². The Kier molecular flexibility index (Phi) is 16.1. The van der Waals surface area contributed by atoms with Gasteiger partial charge in [0.1, 0.15) is 0 Å². The first kappa shape index (κ1) is 77.4. The molecule has 0 aromatic heterocycles. The summed E-state index contributed by atoms with van der Waals surface area (Å²) in [5.74, 6) is 1.81. The number of hydrogen-bond donors (Lipinski definition) is 0. The molecular weight excluding hydrogens is 1490 g/mol. The van der Waals surface area contributed by atoms with Gasteiger partial charge in [0.15, 0.2) is 11.5 Å². The minimum atomic E-state index is -0.329. The largest absolute Gasteiger partial charge is 0.452 e. The molecule has 6 nitrogen and oxygen atoms in total. The molecular formula is C114H112B3N5O. The summed E-state index contributed by atoms with van der Waals surface area (Å²) in [5.41, 5.74) is 38.1. The lowest BCUT2D eigenvalue weighted by Crippen LogP contribution is -2.69. The molecule has 9 heteroatoms. The van der Waals surface area contributed by atoms with Gasteiger partial charge in [0.2, 0.25) is 0 Å². The molecule has 7 heterocycles. The minimum Gasteiger partial charge on any atom is -0.452 e. The van der Waals surface area contributed by atoms with Gasteiger partial charge in [0, 0.05) is 84.7 Å². The van der Waals surface area contributed by atoms with Crippen molar-refractivity contribution in [2.24, 2.45) is 0 Å². The molecule has 123 heavy (non-hydrogen) atoms. The fraction of sp³-hybridized carbons (Fsp3) is 0.281. The quantitative estimate of drug-likeness (QED) is 0.163. The highest BCUT2D eigenvalue weighted by Crippen LogP contribution is 2.61. The van der Waals surface area contributed by atoms with Gasteiger partial charge in [-0.05, 0) is 254 Å².